The predicted molar refractivity (Wildman–Crippen MR) is 98.8 cm³/mol. The number of amides is 2. The molecule has 0 aromatic heterocycles. The van der Waals surface area contributed by atoms with Crippen LogP contribution in [0.15, 0.2) is 59.7 Å². The quantitative estimate of drug-likeness (QED) is 0.673. The zero-order valence-electron chi connectivity index (χ0n) is 14.2. The number of hydrazone groups is 1. The number of carbonyl (C=O) groups is 2. The third-order valence-corrected chi connectivity index (χ3v) is 4.25. The van der Waals surface area contributed by atoms with Crippen LogP contribution in [0.4, 0.5) is 5.69 Å². The Bertz CT molecular complexity index is 782. The smallest absolute Gasteiger partial charge is 0.271 e. The predicted octanol–water partition coefficient (Wildman–Crippen LogP) is 3.36. The van der Waals surface area contributed by atoms with Crippen molar-refractivity contribution in [2.45, 2.75) is 26.2 Å². The molecule has 128 valence electrons. The van der Waals surface area contributed by atoms with E-state index in [1.807, 2.05) is 37.3 Å². The molecule has 25 heavy (non-hydrogen) atoms. The van der Waals surface area contributed by atoms with Gasteiger partial charge in [-0.2, -0.15) is 5.10 Å². The number of rotatable bonds is 5. The lowest BCUT2D eigenvalue weighted by Gasteiger charge is -2.15. The van der Waals surface area contributed by atoms with Crippen LogP contribution < -0.4 is 10.3 Å². The molecule has 0 bridgehead atoms. The van der Waals surface area contributed by atoms with Crippen molar-refractivity contribution in [3.05, 3.63) is 65.7 Å². The molecule has 0 saturated carbocycles. The topological polar surface area (TPSA) is 61.8 Å². The first kappa shape index (κ1) is 16.9. The lowest BCUT2D eigenvalue weighted by molar-refractivity contribution is -0.117. The van der Waals surface area contributed by atoms with E-state index in [9.17, 15) is 9.59 Å². The van der Waals surface area contributed by atoms with Crippen molar-refractivity contribution in [2.24, 2.45) is 5.10 Å². The van der Waals surface area contributed by atoms with Crippen LogP contribution in [-0.4, -0.2) is 24.1 Å². The van der Waals surface area contributed by atoms with Crippen LogP contribution in [0.1, 0.15) is 42.1 Å². The summed E-state index contributed by atoms with van der Waals surface area (Å²) in [5.74, 6) is -0.126. The van der Waals surface area contributed by atoms with E-state index in [4.69, 9.17) is 0 Å². The summed E-state index contributed by atoms with van der Waals surface area (Å²) in [5, 5.41) is 4.25. The second-order valence-electron chi connectivity index (χ2n) is 5.91. The number of hydrogen-bond acceptors (Lipinski definition) is 3. The van der Waals surface area contributed by atoms with Gasteiger partial charge in [-0.25, -0.2) is 5.43 Å². The molecule has 2 aromatic carbocycles. The highest BCUT2D eigenvalue weighted by Crippen LogP contribution is 2.21. The van der Waals surface area contributed by atoms with Crippen molar-refractivity contribution < 1.29 is 9.59 Å². The first-order valence-electron chi connectivity index (χ1n) is 8.52. The minimum atomic E-state index is -0.263. The SMILES string of the molecule is CC/C(=N/NC(=O)c1ccc(N2CCCC2=O)cc1)c1ccccc1. The minimum Gasteiger partial charge on any atom is -0.312 e. The molecule has 2 aromatic rings. The largest absolute Gasteiger partial charge is 0.312 e. The molecule has 1 heterocycles. The fraction of sp³-hybridized carbons (Fsp3) is 0.250. The van der Waals surface area contributed by atoms with E-state index >= 15 is 0 Å². The van der Waals surface area contributed by atoms with E-state index in [2.05, 4.69) is 10.5 Å². The molecule has 2 amide bonds. The van der Waals surface area contributed by atoms with Crippen LogP contribution in [0.3, 0.4) is 0 Å². The standard InChI is InChI=1S/C20H21N3O2/c1-2-18(15-7-4-3-5-8-15)21-22-20(25)16-10-12-17(13-11-16)23-14-6-9-19(23)24/h3-5,7-8,10-13H,2,6,9,14H2,1H3,(H,22,25)/b21-18-. The molecule has 0 spiro atoms. The average molecular weight is 335 g/mol. The molecule has 1 aliphatic heterocycles. The summed E-state index contributed by atoms with van der Waals surface area (Å²) in [6.45, 7) is 2.74. The highest BCUT2D eigenvalue weighted by Gasteiger charge is 2.21. The summed E-state index contributed by atoms with van der Waals surface area (Å²) >= 11 is 0. The molecule has 0 aliphatic carbocycles. The van der Waals surface area contributed by atoms with Gasteiger partial charge in [0.1, 0.15) is 0 Å². The first-order valence-corrected chi connectivity index (χ1v) is 8.52. The minimum absolute atomic E-state index is 0.136. The maximum Gasteiger partial charge on any atom is 0.271 e. The van der Waals surface area contributed by atoms with Crippen molar-refractivity contribution >= 4 is 23.2 Å². The maximum absolute atomic E-state index is 12.3. The number of carbonyl (C=O) groups excluding carboxylic acids is 2. The highest BCUT2D eigenvalue weighted by atomic mass is 16.2. The highest BCUT2D eigenvalue weighted by molar-refractivity contribution is 6.02. The van der Waals surface area contributed by atoms with E-state index in [0.29, 0.717) is 12.0 Å². The molecule has 1 aliphatic rings. The van der Waals surface area contributed by atoms with E-state index in [1.165, 1.54) is 0 Å². The third-order valence-electron chi connectivity index (χ3n) is 4.25. The summed E-state index contributed by atoms with van der Waals surface area (Å²) in [7, 11) is 0. The Morgan fingerprint density at radius 2 is 1.80 bits per heavy atom. The summed E-state index contributed by atoms with van der Waals surface area (Å²) in [6.07, 6.45) is 2.20. The molecule has 3 rings (SSSR count). The Balaban J connectivity index is 1.68. The molecule has 1 saturated heterocycles. The molecule has 0 unspecified atom stereocenters. The van der Waals surface area contributed by atoms with Gasteiger partial charge in [-0.05, 0) is 42.7 Å². The zero-order valence-corrected chi connectivity index (χ0v) is 14.2. The third kappa shape index (κ3) is 3.94. The molecular formula is C20H21N3O2. The van der Waals surface area contributed by atoms with Crippen molar-refractivity contribution in [3.8, 4) is 0 Å². The maximum atomic E-state index is 12.3. The lowest BCUT2D eigenvalue weighted by atomic mass is 10.1. The number of nitrogens with one attached hydrogen (secondary N) is 1. The second-order valence-corrected chi connectivity index (χ2v) is 5.91. The molecule has 5 nitrogen and oxygen atoms in total. The van der Waals surface area contributed by atoms with Gasteiger partial charge in [0.05, 0.1) is 5.71 Å². The number of anilines is 1. The van der Waals surface area contributed by atoms with Crippen LogP contribution in [0, 0.1) is 0 Å². The summed E-state index contributed by atoms with van der Waals surface area (Å²) in [5.41, 5.74) is 5.79. The normalized spacial score (nSPS) is 14.7. The van der Waals surface area contributed by atoms with Gasteiger partial charge in [-0.3, -0.25) is 9.59 Å². The van der Waals surface area contributed by atoms with Gasteiger partial charge in [0.2, 0.25) is 5.91 Å². The van der Waals surface area contributed by atoms with Gasteiger partial charge in [0, 0.05) is 24.2 Å². The molecule has 1 N–H and O–H groups in total. The molecular weight excluding hydrogens is 314 g/mol. The van der Waals surface area contributed by atoms with Crippen LogP contribution in [0.2, 0.25) is 0 Å². The monoisotopic (exact) mass is 335 g/mol. The van der Waals surface area contributed by atoms with Crippen LogP contribution in [0.25, 0.3) is 0 Å². The van der Waals surface area contributed by atoms with Crippen molar-refractivity contribution in [3.63, 3.8) is 0 Å². The second kappa shape index (κ2) is 7.75. The molecule has 0 atom stereocenters. The van der Waals surface area contributed by atoms with E-state index < -0.39 is 0 Å². The van der Waals surface area contributed by atoms with Gasteiger partial charge in [-0.1, -0.05) is 37.3 Å². The van der Waals surface area contributed by atoms with E-state index in [1.54, 1.807) is 29.2 Å². The number of benzene rings is 2. The van der Waals surface area contributed by atoms with E-state index in [-0.39, 0.29) is 11.8 Å². The Kier molecular flexibility index (Phi) is 5.23. The Morgan fingerprint density at radius 1 is 1.08 bits per heavy atom. The van der Waals surface area contributed by atoms with Gasteiger partial charge in [0.15, 0.2) is 0 Å². The fourth-order valence-electron chi connectivity index (χ4n) is 2.87. The molecule has 1 fully saturated rings. The summed E-state index contributed by atoms with van der Waals surface area (Å²) < 4.78 is 0. The first-order chi connectivity index (χ1) is 12.2. The van der Waals surface area contributed by atoms with Crippen molar-refractivity contribution in [2.75, 3.05) is 11.4 Å². The number of nitrogens with zero attached hydrogens (tertiary/aromatic N) is 2. The van der Waals surface area contributed by atoms with Gasteiger partial charge in [-0.15, -0.1) is 0 Å². The number of hydrogen-bond donors (Lipinski definition) is 1. The van der Waals surface area contributed by atoms with Crippen LogP contribution >= 0.6 is 0 Å². The Hall–Kier alpha value is -2.95. The Morgan fingerprint density at radius 3 is 2.40 bits per heavy atom. The molecule has 5 heteroatoms. The van der Waals surface area contributed by atoms with Gasteiger partial charge < -0.3 is 4.90 Å². The van der Waals surface area contributed by atoms with Crippen molar-refractivity contribution in [1.82, 2.24) is 5.43 Å². The average Bonchev–Trinajstić information content (AvgIpc) is 3.09. The summed E-state index contributed by atoms with van der Waals surface area (Å²) in [6, 6.07) is 16.8. The van der Waals surface area contributed by atoms with Crippen LogP contribution in [-0.2, 0) is 4.79 Å². The fourth-order valence-corrected chi connectivity index (χ4v) is 2.87. The van der Waals surface area contributed by atoms with Gasteiger partial charge >= 0.3 is 0 Å². The molecule has 0 radical (unpaired) electrons. The summed E-state index contributed by atoms with van der Waals surface area (Å²) in [4.78, 5) is 25.8. The lowest BCUT2D eigenvalue weighted by Crippen LogP contribution is -2.24. The van der Waals surface area contributed by atoms with Crippen LogP contribution in [0.5, 0.6) is 0 Å². The Labute approximate surface area is 147 Å². The van der Waals surface area contributed by atoms with Crippen molar-refractivity contribution in [1.29, 1.82) is 0 Å². The van der Waals surface area contributed by atoms with E-state index in [0.717, 1.165) is 36.3 Å². The zero-order chi connectivity index (χ0) is 17.6. The van der Waals surface area contributed by atoms with Gasteiger partial charge in [0.25, 0.3) is 5.91 Å².